The first kappa shape index (κ1) is 26.8. The Balaban J connectivity index is 0.000000723. The lowest BCUT2D eigenvalue weighted by Gasteiger charge is -2.36. The van der Waals surface area contributed by atoms with E-state index in [1.807, 2.05) is 36.4 Å². The number of carboxylic acids is 1. The molecule has 9 heteroatoms. The lowest BCUT2D eigenvalue weighted by atomic mass is 10.0. The number of morpholine rings is 1. The molecule has 0 saturated carbocycles. The third kappa shape index (κ3) is 6.45. The van der Waals surface area contributed by atoms with E-state index < -0.39 is 5.97 Å². The standard InChI is InChI=1S/C28H24Cl2N4O.C2H4O2/c29-19-1-5-21(6-2-19)31-22-7-12-27-26(17-22)32-25-11-10-24(33-13-15-35-16-14-33)18-28(25)34(27)23-8-3-20(30)4-9-23;1-2(3)4/h1-6,8-12,17-18,31H,7,13-16H2;1H3,(H,3,4). The van der Waals surface area contributed by atoms with Crippen molar-refractivity contribution in [2.45, 2.75) is 13.3 Å². The van der Waals surface area contributed by atoms with Crippen LogP contribution in [0.1, 0.15) is 13.3 Å². The summed E-state index contributed by atoms with van der Waals surface area (Å²) in [7, 11) is 0. The van der Waals surface area contributed by atoms with E-state index in [2.05, 4.69) is 57.6 Å². The number of allylic oxidation sites excluding steroid dienone is 2. The first-order valence-electron chi connectivity index (χ1n) is 12.6. The zero-order chi connectivity index (χ0) is 27.4. The number of aliphatic carboxylic acids is 1. The van der Waals surface area contributed by atoms with Crippen LogP contribution in [0.4, 0.5) is 28.4 Å². The zero-order valence-electron chi connectivity index (χ0n) is 21.4. The minimum absolute atomic E-state index is 0.717. The van der Waals surface area contributed by atoms with Crippen molar-refractivity contribution in [2.75, 3.05) is 41.4 Å². The molecule has 3 aromatic rings. The van der Waals surface area contributed by atoms with Gasteiger partial charge in [-0.05, 0) is 72.8 Å². The van der Waals surface area contributed by atoms with E-state index in [0.29, 0.717) is 5.02 Å². The van der Waals surface area contributed by atoms with Gasteiger partial charge in [0.2, 0.25) is 0 Å². The number of carbonyl (C=O) groups is 1. The second-order valence-corrected chi connectivity index (χ2v) is 10.1. The molecule has 3 aliphatic rings. The van der Waals surface area contributed by atoms with Crippen LogP contribution in [0, 0.1) is 0 Å². The molecule has 1 fully saturated rings. The van der Waals surface area contributed by atoms with E-state index in [1.54, 1.807) is 0 Å². The molecule has 7 nitrogen and oxygen atoms in total. The number of anilines is 4. The monoisotopic (exact) mass is 562 g/mol. The fourth-order valence-corrected chi connectivity index (χ4v) is 4.89. The molecule has 0 atom stereocenters. The van der Waals surface area contributed by atoms with Crippen LogP contribution in [0.25, 0.3) is 0 Å². The number of benzene rings is 3. The normalized spacial score (nSPS) is 16.0. The maximum Gasteiger partial charge on any atom is 0.300 e. The van der Waals surface area contributed by atoms with Gasteiger partial charge in [0.25, 0.3) is 5.97 Å². The molecule has 6 rings (SSSR count). The fraction of sp³-hybridized carbons (Fsp3) is 0.200. The molecule has 0 unspecified atom stereocenters. The van der Waals surface area contributed by atoms with Crippen LogP contribution in [0.3, 0.4) is 0 Å². The summed E-state index contributed by atoms with van der Waals surface area (Å²) in [6, 6.07) is 22.2. The molecule has 1 aliphatic carbocycles. The van der Waals surface area contributed by atoms with E-state index in [-0.39, 0.29) is 0 Å². The van der Waals surface area contributed by atoms with Crippen molar-refractivity contribution in [3.05, 3.63) is 100 Å². The van der Waals surface area contributed by atoms with Gasteiger partial charge in [-0.2, -0.15) is 0 Å². The lowest BCUT2D eigenvalue weighted by Crippen LogP contribution is -2.36. The third-order valence-corrected chi connectivity index (χ3v) is 6.88. The number of carboxylic acid groups (broad SMARTS) is 1. The number of nitrogens with one attached hydrogen (secondary N) is 1. The Morgan fingerprint density at radius 2 is 1.56 bits per heavy atom. The van der Waals surface area contributed by atoms with E-state index in [0.717, 1.165) is 84.5 Å². The second kappa shape index (κ2) is 11.9. The molecule has 1 saturated heterocycles. The number of halogens is 2. The molecule has 3 aromatic carbocycles. The van der Waals surface area contributed by atoms with E-state index >= 15 is 0 Å². The Morgan fingerprint density at radius 1 is 0.949 bits per heavy atom. The Hall–Kier alpha value is -3.78. The summed E-state index contributed by atoms with van der Waals surface area (Å²) in [4.78, 5) is 18.7. The molecule has 0 bridgehead atoms. The van der Waals surface area contributed by atoms with Crippen molar-refractivity contribution in [2.24, 2.45) is 4.99 Å². The maximum absolute atomic E-state index is 9.00. The Kier molecular flexibility index (Phi) is 8.21. The third-order valence-electron chi connectivity index (χ3n) is 6.38. The van der Waals surface area contributed by atoms with Crippen molar-refractivity contribution in [3.63, 3.8) is 0 Å². The average Bonchev–Trinajstić information content (AvgIpc) is 2.93. The number of ether oxygens (including phenoxy) is 1. The number of hydrogen-bond donors (Lipinski definition) is 2. The molecule has 2 aliphatic heterocycles. The summed E-state index contributed by atoms with van der Waals surface area (Å²) < 4.78 is 5.55. The van der Waals surface area contributed by atoms with Crippen LogP contribution in [-0.4, -0.2) is 43.1 Å². The van der Waals surface area contributed by atoms with Crippen molar-refractivity contribution in [1.29, 1.82) is 0 Å². The number of aliphatic imine (C=N–C) groups is 1. The molecule has 0 aromatic heterocycles. The highest BCUT2D eigenvalue weighted by molar-refractivity contribution is 6.31. The first-order chi connectivity index (χ1) is 18.9. The number of fused-ring (bicyclic) bond motifs is 2. The van der Waals surface area contributed by atoms with Gasteiger partial charge in [0.15, 0.2) is 0 Å². The molecule has 2 N–H and O–H groups in total. The number of rotatable bonds is 4. The van der Waals surface area contributed by atoms with Gasteiger partial charge < -0.3 is 25.0 Å². The van der Waals surface area contributed by atoms with Crippen LogP contribution in [0.5, 0.6) is 0 Å². The van der Waals surface area contributed by atoms with Crippen LogP contribution in [-0.2, 0) is 9.53 Å². The van der Waals surface area contributed by atoms with Crippen LogP contribution < -0.4 is 15.1 Å². The summed E-state index contributed by atoms with van der Waals surface area (Å²) >= 11 is 12.3. The maximum atomic E-state index is 9.00. The first-order valence-corrected chi connectivity index (χ1v) is 13.4. The molecular weight excluding hydrogens is 535 g/mol. The van der Waals surface area contributed by atoms with Crippen molar-refractivity contribution < 1.29 is 14.6 Å². The van der Waals surface area contributed by atoms with Crippen LogP contribution in [0.2, 0.25) is 10.0 Å². The van der Waals surface area contributed by atoms with Gasteiger partial charge in [0.05, 0.1) is 36.0 Å². The topological polar surface area (TPSA) is 77.4 Å². The van der Waals surface area contributed by atoms with Crippen molar-refractivity contribution >= 4 is 63.3 Å². The van der Waals surface area contributed by atoms with E-state index in [4.69, 9.17) is 42.8 Å². The Morgan fingerprint density at radius 3 is 2.23 bits per heavy atom. The van der Waals surface area contributed by atoms with Gasteiger partial charge in [-0.1, -0.05) is 29.3 Å². The lowest BCUT2D eigenvalue weighted by molar-refractivity contribution is -0.134. The molecule has 0 amide bonds. The molecular formula is C30H28Cl2N4O3. The summed E-state index contributed by atoms with van der Waals surface area (Å²) in [6.07, 6.45) is 5.13. The average molecular weight is 563 g/mol. The minimum Gasteiger partial charge on any atom is -0.481 e. The quantitative estimate of drug-likeness (QED) is 0.344. The predicted octanol–water partition coefficient (Wildman–Crippen LogP) is 7.43. The summed E-state index contributed by atoms with van der Waals surface area (Å²) in [5.74, 6) is -0.833. The Bertz CT molecular complexity index is 1440. The van der Waals surface area contributed by atoms with Crippen LogP contribution in [0.15, 0.2) is 95.3 Å². The number of nitrogens with zero attached hydrogens (tertiary/aromatic N) is 3. The Labute approximate surface area is 237 Å². The zero-order valence-corrected chi connectivity index (χ0v) is 22.9. The fourth-order valence-electron chi connectivity index (χ4n) is 4.64. The minimum atomic E-state index is -0.833. The summed E-state index contributed by atoms with van der Waals surface area (Å²) in [5, 5.41) is 12.4. The SMILES string of the molecule is CC(=O)O.Clc1ccc(NC2=CC3=Nc4ccc(N5CCOCC5)cc4N(c4ccc(Cl)cc4)C3=CC2)cc1. The second-order valence-electron chi connectivity index (χ2n) is 9.20. The molecule has 0 radical (unpaired) electrons. The van der Waals surface area contributed by atoms with Gasteiger partial charge in [-0.15, -0.1) is 0 Å². The highest BCUT2D eigenvalue weighted by Crippen LogP contribution is 2.45. The van der Waals surface area contributed by atoms with Crippen molar-refractivity contribution in [1.82, 2.24) is 0 Å². The van der Waals surface area contributed by atoms with E-state index in [9.17, 15) is 0 Å². The summed E-state index contributed by atoms with van der Waals surface area (Å²) in [6.45, 7) is 4.36. The molecule has 0 spiro atoms. The van der Waals surface area contributed by atoms with Gasteiger partial charge in [0, 0.05) is 59.2 Å². The molecule has 2 heterocycles. The molecule has 200 valence electrons. The van der Waals surface area contributed by atoms with Gasteiger partial charge in [-0.3, -0.25) is 4.79 Å². The predicted molar refractivity (Wildman–Crippen MR) is 159 cm³/mol. The van der Waals surface area contributed by atoms with Gasteiger partial charge in [-0.25, -0.2) is 4.99 Å². The van der Waals surface area contributed by atoms with Gasteiger partial charge >= 0.3 is 0 Å². The van der Waals surface area contributed by atoms with Gasteiger partial charge in [0.1, 0.15) is 0 Å². The largest absolute Gasteiger partial charge is 0.481 e. The summed E-state index contributed by atoms with van der Waals surface area (Å²) in [5.41, 5.74) is 8.31. The smallest absolute Gasteiger partial charge is 0.300 e. The molecule has 39 heavy (non-hydrogen) atoms. The van der Waals surface area contributed by atoms with Crippen molar-refractivity contribution in [3.8, 4) is 0 Å². The highest BCUT2D eigenvalue weighted by Gasteiger charge is 2.28. The van der Waals surface area contributed by atoms with Crippen LogP contribution >= 0.6 is 23.2 Å². The highest BCUT2D eigenvalue weighted by atomic mass is 35.5. The van der Waals surface area contributed by atoms with E-state index in [1.165, 1.54) is 5.69 Å². The number of hydrogen-bond acceptors (Lipinski definition) is 6.